The number of benzene rings is 4. The van der Waals surface area contributed by atoms with Gasteiger partial charge in [-0.2, -0.15) is 0 Å². The summed E-state index contributed by atoms with van der Waals surface area (Å²) in [5, 5.41) is 23.6. The van der Waals surface area contributed by atoms with Crippen molar-refractivity contribution in [3.8, 4) is 23.0 Å². The summed E-state index contributed by atoms with van der Waals surface area (Å²) in [4.78, 5) is 13.0. The fourth-order valence-electron chi connectivity index (χ4n) is 5.04. The van der Waals surface area contributed by atoms with E-state index >= 15 is 0 Å². The summed E-state index contributed by atoms with van der Waals surface area (Å²) in [5.41, 5.74) is 1.42. The molecule has 0 fully saturated rings. The topological polar surface area (TPSA) is 76.0 Å². The zero-order valence-electron chi connectivity index (χ0n) is 18.0. The van der Waals surface area contributed by atoms with E-state index in [2.05, 4.69) is 0 Å². The van der Waals surface area contributed by atoms with Crippen LogP contribution in [0.3, 0.4) is 0 Å². The Kier molecular flexibility index (Phi) is 3.90. The number of allylic oxidation sites excluding steroid dienone is 1. The Morgan fingerprint density at radius 1 is 0.818 bits per heavy atom. The van der Waals surface area contributed by atoms with Gasteiger partial charge in [0, 0.05) is 33.0 Å². The van der Waals surface area contributed by atoms with Crippen LogP contribution >= 0.6 is 0 Å². The van der Waals surface area contributed by atoms with Gasteiger partial charge in [-0.1, -0.05) is 36.4 Å². The summed E-state index contributed by atoms with van der Waals surface area (Å²) in [6.07, 6.45) is 3.79. The Balaban J connectivity index is 1.81. The highest BCUT2D eigenvalue weighted by molar-refractivity contribution is 6.00. The standard InChI is InChI=1S/C28H20O5/c1-3-4-22-15(2)27(31)33-28(22)23-11-7-16-5-9-18(29)13-20(16)25(23)32-26-21-14-19(30)10-6-17(21)8-12-24(26)28/h3-14,29-30H,1-2H3/b4-3-. The summed E-state index contributed by atoms with van der Waals surface area (Å²) < 4.78 is 12.7. The highest BCUT2D eigenvalue weighted by atomic mass is 16.6. The SMILES string of the molecule is C/C=C\C1=C(C)C(=O)OC12c1ccc3ccc(O)cc3c1Oc1c2ccc2ccc(O)cc12. The Morgan fingerprint density at radius 3 is 1.85 bits per heavy atom. The van der Waals surface area contributed by atoms with E-state index in [1.807, 2.05) is 55.5 Å². The molecule has 6 rings (SSSR count). The molecule has 0 saturated heterocycles. The van der Waals surface area contributed by atoms with E-state index in [9.17, 15) is 15.0 Å². The van der Waals surface area contributed by atoms with E-state index in [0.29, 0.717) is 39.0 Å². The van der Waals surface area contributed by atoms with Crippen LogP contribution in [0.2, 0.25) is 0 Å². The molecule has 0 amide bonds. The van der Waals surface area contributed by atoms with E-state index in [0.717, 1.165) is 16.3 Å². The van der Waals surface area contributed by atoms with Crippen molar-refractivity contribution < 1.29 is 24.5 Å². The van der Waals surface area contributed by atoms with Crippen LogP contribution in [0, 0.1) is 0 Å². The van der Waals surface area contributed by atoms with Gasteiger partial charge in [0.25, 0.3) is 0 Å². The van der Waals surface area contributed by atoms with Crippen LogP contribution in [0.25, 0.3) is 21.5 Å². The van der Waals surface area contributed by atoms with Crippen molar-refractivity contribution in [1.29, 1.82) is 0 Å². The molecule has 5 heteroatoms. The minimum Gasteiger partial charge on any atom is -0.508 e. The number of phenolic OH excluding ortho intramolecular Hbond substituents is 2. The van der Waals surface area contributed by atoms with Crippen molar-refractivity contribution in [2.45, 2.75) is 19.4 Å². The first-order chi connectivity index (χ1) is 15.9. The lowest BCUT2D eigenvalue weighted by molar-refractivity contribution is -0.145. The molecular formula is C28H20O5. The molecule has 0 bridgehead atoms. The minimum atomic E-state index is -1.21. The van der Waals surface area contributed by atoms with Crippen LogP contribution in [-0.4, -0.2) is 16.2 Å². The number of rotatable bonds is 1. The molecule has 0 aliphatic carbocycles. The van der Waals surface area contributed by atoms with E-state index < -0.39 is 11.6 Å². The molecule has 162 valence electrons. The lowest BCUT2D eigenvalue weighted by Crippen LogP contribution is -2.34. The van der Waals surface area contributed by atoms with E-state index in [4.69, 9.17) is 9.47 Å². The first-order valence-corrected chi connectivity index (χ1v) is 10.7. The first kappa shape index (κ1) is 19.4. The van der Waals surface area contributed by atoms with Gasteiger partial charge in [-0.15, -0.1) is 0 Å². The number of esters is 1. The maximum absolute atomic E-state index is 13.0. The Hall–Kier alpha value is -4.25. The summed E-state index contributed by atoms with van der Waals surface area (Å²) >= 11 is 0. The third-order valence-corrected chi connectivity index (χ3v) is 6.54. The quantitative estimate of drug-likeness (QED) is 0.347. The van der Waals surface area contributed by atoms with Crippen molar-refractivity contribution in [1.82, 2.24) is 0 Å². The smallest absolute Gasteiger partial charge is 0.335 e. The third kappa shape index (κ3) is 2.50. The van der Waals surface area contributed by atoms with E-state index in [1.54, 1.807) is 31.2 Å². The second-order valence-electron chi connectivity index (χ2n) is 8.41. The highest BCUT2D eigenvalue weighted by Crippen LogP contribution is 2.59. The summed E-state index contributed by atoms with van der Waals surface area (Å²) in [6, 6.07) is 17.9. The molecule has 0 atom stereocenters. The van der Waals surface area contributed by atoms with Gasteiger partial charge in [0.2, 0.25) is 0 Å². The van der Waals surface area contributed by atoms with Crippen LogP contribution in [0.5, 0.6) is 23.0 Å². The van der Waals surface area contributed by atoms with Gasteiger partial charge in [0.15, 0.2) is 5.60 Å². The zero-order valence-corrected chi connectivity index (χ0v) is 18.0. The number of carbonyl (C=O) groups is 1. The third-order valence-electron chi connectivity index (χ3n) is 6.54. The van der Waals surface area contributed by atoms with Crippen LogP contribution in [0.1, 0.15) is 25.0 Å². The highest BCUT2D eigenvalue weighted by Gasteiger charge is 2.53. The molecule has 0 radical (unpaired) electrons. The van der Waals surface area contributed by atoms with Crippen LogP contribution in [0.4, 0.5) is 0 Å². The molecule has 4 aromatic rings. The summed E-state index contributed by atoms with van der Waals surface area (Å²) in [7, 11) is 0. The van der Waals surface area contributed by atoms with Crippen molar-refractivity contribution in [3.63, 3.8) is 0 Å². The van der Waals surface area contributed by atoms with Crippen LogP contribution in [-0.2, 0) is 15.1 Å². The van der Waals surface area contributed by atoms with Crippen molar-refractivity contribution in [3.05, 3.63) is 95.1 Å². The maximum atomic E-state index is 13.0. The fraction of sp³-hybridized carbons (Fsp3) is 0.107. The van der Waals surface area contributed by atoms with Crippen LogP contribution in [0.15, 0.2) is 84.0 Å². The molecule has 2 N–H and O–H groups in total. The fourth-order valence-corrected chi connectivity index (χ4v) is 5.04. The largest absolute Gasteiger partial charge is 0.508 e. The van der Waals surface area contributed by atoms with Gasteiger partial charge in [0.05, 0.1) is 0 Å². The lowest BCUT2D eigenvalue weighted by Gasteiger charge is -2.38. The number of aromatic hydroxyl groups is 2. The molecule has 0 aromatic heterocycles. The first-order valence-electron chi connectivity index (χ1n) is 10.7. The summed E-state index contributed by atoms with van der Waals surface area (Å²) in [5.74, 6) is 0.846. The maximum Gasteiger partial charge on any atom is 0.335 e. The van der Waals surface area contributed by atoms with Crippen molar-refractivity contribution >= 4 is 27.5 Å². The number of phenols is 2. The molecule has 2 aliphatic heterocycles. The van der Waals surface area contributed by atoms with Gasteiger partial charge in [-0.3, -0.25) is 0 Å². The Morgan fingerprint density at radius 2 is 1.33 bits per heavy atom. The molecule has 2 aliphatic rings. The summed E-state index contributed by atoms with van der Waals surface area (Å²) in [6.45, 7) is 3.66. The van der Waals surface area contributed by atoms with E-state index in [1.165, 1.54) is 0 Å². The predicted molar refractivity (Wildman–Crippen MR) is 126 cm³/mol. The minimum absolute atomic E-state index is 0.110. The molecule has 2 heterocycles. The van der Waals surface area contributed by atoms with Crippen molar-refractivity contribution in [2.24, 2.45) is 0 Å². The van der Waals surface area contributed by atoms with Gasteiger partial charge >= 0.3 is 5.97 Å². The van der Waals surface area contributed by atoms with Gasteiger partial charge in [-0.25, -0.2) is 4.79 Å². The van der Waals surface area contributed by atoms with Crippen LogP contribution < -0.4 is 4.74 Å². The normalized spacial score (nSPS) is 16.4. The average Bonchev–Trinajstić information content (AvgIpc) is 3.05. The van der Waals surface area contributed by atoms with Gasteiger partial charge < -0.3 is 19.7 Å². The molecule has 4 aromatic carbocycles. The van der Waals surface area contributed by atoms with Gasteiger partial charge in [-0.05, 0) is 61.0 Å². The van der Waals surface area contributed by atoms with E-state index in [-0.39, 0.29) is 11.5 Å². The number of hydrogen-bond donors (Lipinski definition) is 2. The molecule has 1 spiro atoms. The lowest BCUT2D eigenvalue weighted by atomic mass is 9.75. The molecule has 5 nitrogen and oxygen atoms in total. The Labute approximate surface area is 189 Å². The molecule has 0 saturated carbocycles. The van der Waals surface area contributed by atoms with Gasteiger partial charge in [0.1, 0.15) is 23.0 Å². The zero-order chi connectivity index (χ0) is 22.9. The molecule has 33 heavy (non-hydrogen) atoms. The average molecular weight is 436 g/mol. The molecular weight excluding hydrogens is 416 g/mol. The second-order valence-corrected chi connectivity index (χ2v) is 8.41. The predicted octanol–water partition coefficient (Wildman–Crippen LogP) is 6.20. The number of ether oxygens (including phenoxy) is 2. The second kappa shape index (κ2) is 6.62. The Bertz CT molecular complexity index is 1480. The molecule has 0 unspecified atom stereocenters. The number of hydrogen-bond acceptors (Lipinski definition) is 5. The monoisotopic (exact) mass is 436 g/mol. The van der Waals surface area contributed by atoms with Crippen molar-refractivity contribution in [2.75, 3.05) is 0 Å². The number of carbonyl (C=O) groups excluding carboxylic acids is 1. The number of fused-ring (bicyclic) bond motifs is 8.